The van der Waals surface area contributed by atoms with E-state index in [1.54, 1.807) is 97.1 Å². The molecule has 2 nitrogen and oxygen atoms in total. The van der Waals surface area contributed by atoms with Gasteiger partial charge in [-0.3, -0.25) is 0 Å². The first kappa shape index (κ1) is 26.2. The molecule has 0 amide bonds. The molecule has 0 unspecified atom stereocenters. The Morgan fingerprint density at radius 2 is 0.583 bits per heavy atom. The topological polar surface area (TPSA) is 40.5 Å². The van der Waals surface area contributed by atoms with Crippen molar-refractivity contribution in [2.45, 2.75) is 11.2 Å². The third-order valence-corrected chi connectivity index (χ3v) is 6.61. The third-order valence-electron chi connectivity index (χ3n) is 5.60. The van der Waals surface area contributed by atoms with Crippen molar-refractivity contribution in [2.75, 3.05) is 0 Å². The van der Waals surface area contributed by atoms with Gasteiger partial charge in [0, 0.05) is 42.3 Å². The Kier molecular flexibility index (Phi) is 7.99. The van der Waals surface area contributed by atoms with E-state index in [-0.39, 0.29) is 0 Å². The Bertz CT molecular complexity index is 1260. The summed E-state index contributed by atoms with van der Waals surface area (Å²) in [7, 11) is 0. The summed E-state index contributed by atoms with van der Waals surface area (Å²) in [4.78, 5) is 0. The maximum absolute atomic E-state index is 11.6. The van der Waals surface area contributed by atoms with Crippen LogP contribution in [0.25, 0.3) is 0 Å². The summed E-state index contributed by atoms with van der Waals surface area (Å²) in [5.41, 5.74) is -1.35. The van der Waals surface area contributed by atoms with E-state index in [4.69, 9.17) is 46.4 Å². The summed E-state index contributed by atoms with van der Waals surface area (Å²) in [6, 6.07) is 26.9. The van der Waals surface area contributed by atoms with Crippen LogP contribution >= 0.6 is 46.4 Å². The minimum Gasteiger partial charge on any atom is -0.369 e. The van der Waals surface area contributed by atoms with Crippen molar-refractivity contribution in [3.05, 3.63) is 139 Å². The van der Waals surface area contributed by atoms with Crippen molar-refractivity contribution in [1.82, 2.24) is 0 Å². The fourth-order valence-electron chi connectivity index (χ4n) is 3.63. The molecule has 0 saturated carbocycles. The highest BCUT2D eigenvalue weighted by Gasteiger charge is 2.31. The SMILES string of the molecule is OC(C#CC#CC(O)(c1ccc(Cl)cc1)c1ccc(Cl)cc1)(c1ccc(Cl)cc1)c1ccc(Cl)cc1. The molecule has 0 fully saturated rings. The van der Waals surface area contributed by atoms with Gasteiger partial charge in [-0.25, -0.2) is 0 Å². The van der Waals surface area contributed by atoms with Crippen LogP contribution in [-0.4, -0.2) is 10.2 Å². The maximum Gasteiger partial charge on any atom is 0.177 e. The molecular weight excluding hydrogens is 534 g/mol. The van der Waals surface area contributed by atoms with E-state index in [0.717, 1.165) is 0 Å². The van der Waals surface area contributed by atoms with Gasteiger partial charge in [-0.2, -0.15) is 0 Å². The van der Waals surface area contributed by atoms with E-state index < -0.39 is 11.2 Å². The lowest BCUT2D eigenvalue weighted by Crippen LogP contribution is -2.25. The first-order chi connectivity index (χ1) is 17.2. The second kappa shape index (κ2) is 11.0. The molecule has 4 aromatic carbocycles. The highest BCUT2D eigenvalue weighted by atomic mass is 35.5. The van der Waals surface area contributed by atoms with Crippen molar-refractivity contribution in [3.63, 3.8) is 0 Å². The van der Waals surface area contributed by atoms with Gasteiger partial charge in [0.1, 0.15) is 0 Å². The molecule has 0 bridgehead atoms. The smallest absolute Gasteiger partial charge is 0.177 e. The molecule has 0 aliphatic heterocycles. The molecule has 0 aliphatic rings. The first-order valence-corrected chi connectivity index (χ1v) is 12.3. The van der Waals surface area contributed by atoms with Gasteiger partial charge in [-0.05, 0) is 72.2 Å². The second-order valence-electron chi connectivity index (χ2n) is 7.95. The molecule has 0 saturated heterocycles. The van der Waals surface area contributed by atoms with Gasteiger partial charge in [0.2, 0.25) is 0 Å². The van der Waals surface area contributed by atoms with Gasteiger partial charge >= 0.3 is 0 Å². The largest absolute Gasteiger partial charge is 0.369 e. The lowest BCUT2D eigenvalue weighted by Gasteiger charge is -2.24. The van der Waals surface area contributed by atoms with Gasteiger partial charge < -0.3 is 10.2 Å². The molecular formula is C30H18Cl4O2. The summed E-state index contributed by atoms with van der Waals surface area (Å²) in [5, 5.41) is 25.4. The van der Waals surface area contributed by atoms with Crippen LogP contribution in [0.3, 0.4) is 0 Å². The minimum atomic E-state index is -1.69. The van der Waals surface area contributed by atoms with Crippen molar-refractivity contribution < 1.29 is 10.2 Å². The van der Waals surface area contributed by atoms with Crippen LogP contribution in [0.5, 0.6) is 0 Å². The Morgan fingerprint density at radius 3 is 0.778 bits per heavy atom. The Hall–Kier alpha value is -2.92. The van der Waals surface area contributed by atoms with E-state index in [1.165, 1.54) is 0 Å². The van der Waals surface area contributed by atoms with Crippen LogP contribution in [0.4, 0.5) is 0 Å². The van der Waals surface area contributed by atoms with E-state index in [2.05, 4.69) is 23.7 Å². The first-order valence-electron chi connectivity index (χ1n) is 10.7. The zero-order valence-electron chi connectivity index (χ0n) is 18.6. The number of aliphatic hydroxyl groups is 2. The van der Waals surface area contributed by atoms with E-state index in [9.17, 15) is 10.2 Å². The third kappa shape index (κ3) is 5.73. The van der Waals surface area contributed by atoms with Crippen LogP contribution in [0.2, 0.25) is 20.1 Å². The van der Waals surface area contributed by atoms with Crippen LogP contribution in [0, 0.1) is 23.7 Å². The Labute approximate surface area is 230 Å². The Morgan fingerprint density at radius 1 is 0.389 bits per heavy atom. The highest BCUT2D eigenvalue weighted by molar-refractivity contribution is 6.31. The van der Waals surface area contributed by atoms with Crippen LogP contribution in [0.15, 0.2) is 97.1 Å². The van der Waals surface area contributed by atoms with Crippen molar-refractivity contribution in [2.24, 2.45) is 0 Å². The van der Waals surface area contributed by atoms with E-state index in [0.29, 0.717) is 42.3 Å². The fourth-order valence-corrected chi connectivity index (χ4v) is 4.13. The van der Waals surface area contributed by atoms with Crippen LogP contribution in [0.1, 0.15) is 22.3 Å². The minimum absolute atomic E-state index is 0.509. The standard InChI is InChI=1S/C30H18Cl4O2/c31-25-11-3-21(4-12-25)29(35,22-5-13-26(32)14-6-22)19-1-2-20-30(36,23-7-15-27(33)16-8-23)24-9-17-28(34)18-10-24/h3-18,35-36H. The number of hydrogen-bond donors (Lipinski definition) is 2. The number of halogens is 4. The summed E-state index contributed by atoms with van der Waals surface area (Å²) in [6.07, 6.45) is 0. The van der Waals surface area contributed by atoms with Crippen molar-refractivity contribution >= 4 is 46.4 Å². The second-order valence-corrected chi connectivity index (χ2v) is 9.69. The predicted molar refractivity (Wildman–Crippen MR) is 147 cm³/mol. The molecule has 178 valence electrons. The molecule has 4 rings (SSSR count). The maximum atomic E-state index is 11.6. The number of hydrogen-bond acceptors (Lipinski definition) is 2. The monoisotopic (exact) mass is 550 g/mol. The van der Waals surface area contributed by atoms with Crippen molar-refractivity contribution in [1.29, 1.82) is 0 Å². The molecule has 6 heteroatoms. The Balaban J connectivity index is 1.80. The molecule has 36 heavy (non-hydrogen) atoms. The average molecular weight is 552 g/mol. The van der Waals surface area contributed by atoms with Crippen LogP contribution < -0.4 is 0 Å². The molecule has 4 aromatic rings. The van der Waals surface area contributed by atoms with Gasteiger partial charge in [-0.1, -0.05) is 94.9 Å². The molecule has 0 atom stereocenters. The van der Waals surface area contributed by atoms with Crippen LogP contribution in [-0.2, 0) is 11.2 Å². The normalized spacial score (nSPS) is 11.2. The quantitative estimate of drug-likeness (QED) is 0.258. The summed E-state index contributed by atoms with van der Waals surface area (Å²) in [5.74, 6) is 11.2. The van der Waals surface area contributed by atoms with Crippen molar-refractivity contribution in [3.8, 4) is 23.7 Å². The fraction of sp³-hybridized carbons (Fsp3) is 0.0667. The van der Waals surface area contributed by atoms with Gasteiger partial charge in [-0.15, -0.1) is 0 Å². The zero-order valence-corrected chi connectivity index (χ0v) is 21.7. The van der Waals surface area contributed by atoms with E-state index in [1.807, 2.05) is 0 Å². The summed E-state index contributed by atoms with van der Waals surface area (Å²) < 4.78 is 0. The van der Waals surface area contributed by atoms with E-state index >= 15 is 0 Å². The summed E-state index contributed by atoms with van der Waals surface area (Å²) >= 11 is 24.2. The highest BCUT2D eigenvalue weighted by Crippen LogP contribution is 2.32. The van der Waals surface area contributed by atoms with Gasteiger partial charge in [0.15, 0.2) is 11.2 Å². The number of rotatable bonds is 4. The lowest BCUT2D eigenvalue weighted by atomic mass is 9.86. The summed E-state index contributed by atoms with van der Waals surface area (Å²) in [6.45, 7) is 0. The van der Waals surface area contributed by atoms with Gasteiger partial charge in [0.05, 0.1) is 0 Å². The predicted octanol–water partition coefficient (Wildman–Crippen LogP) is 7.48. The molecule has 0 aliphatic carbocycles. The molecule has 0 radical (unpaired) electrons. The molecule has 0 spiro atoms. The average Bonchev–Trinajstić information content (AvgIpc) is 2.88. The molecule has 0 aromatic heterocycles. The molecule has 0 heterocycles. The molecule has 2 N–H and O–H groups in total. The number of benzene rings is 4. The van der Waals surface area contributed by atoms with Gasteiger partial charge in [0.25, 0.3) is 0 Å². The zero-order chi connectivity index (χ0) is 25.8. The lowest BCUT2D eigenvalue weighted by molar-refractivity contribution is 0.144.